The highest BCUT2D eigenvalue weighted by Gasteiger charge is 2.12. The molecule has 0 amide bonds. The molecule has 0 aliphatic heterocycles. The van der Waals surface area contributed by atoms with Crippen LogP contribution in [0.15, 0.2) is 28.7 Å². The quantitative estimate of drug-likeness (QED) is 0.818. The molecule has 1 N–H and O–H groups in total. The van der Waals surface area contributed by atoms with Gasteiger partial charge in [-0.25, -0.2) is 0 Å². The van der Waals surface area contributed by atoms with E-state index >= 15 is 0 Å². The largest absolute Gasteiger partial charge is 0.544 e. The summed E-state index contributed by atoms with van der Waals surface area (Å²) in [5.74, 6) is -0.516. The van der Waals surface area contributed by atoms with Crippen LogP contribution in [-0.4, -0.2) is 19.1 Å². The van der Waals surface area contributed by atoms with Crippen molar-refractivity contribution in [3.8, 4) is 0 Å². The lowest BCUT2D eigenvalue weighted by Crippen LogP contribution is -3.12. The Hall–Kier alpha value is -0.870. The number of quaternary nitrogens is 1. The van der Waals surface area contributed by atoms with E-state index in [1.165, 1.54) is 0 Å². The molecular formula is C13H18BrNO2. The van der Waals surface area contributed by atoms with Crippen LogP contribution < -0.4 is 10.0 Å². The molecule has 0 fully saturated rings. The van der Waals surface area contributed by atoms with Gasteiger partial charge in [0.15, 0.2) is 0 Å². The predicted octanol–water partition coefficient (Wildman–Crippen LogP) is 0.240. The molecule has 4 heteroatoms. The summed E-state index contributed by atoms with van der Waals surface area (Å²) in [6.45, 7) is 5.81. The molecule has 0 heterocycles. The van der Waals surface area contributed by atoms with Gasteiger partial charge in [0, 0.05) is 16.0 Å². The van der Waals surface area contributed by atoms with Gasteiger partial charge in [-0.2, -0.15) is 0 Å². The number of carbonyl (C=O) groups excluding carboxylic acids is 1. The molecular weight excluding hydrogens is 282 g/mol. The summed E-state index contributed by atoms with van der Waals surface area (Å²) in [6, 6.07) is 7.97. The Labute approximate surface area is 111 Å². The third kappa shape index (κ3) is 5.84. The smallest absolute Gasteiger partial charge is 0.118 e. The molecule has 0 spiro atoms. The Bertz CT molecular complexity index is 362. The number of rotatable bonds is 6. The molecule has 1 unspecified atom stereocenters. The highest BCUT2D eigenvalue weighted by atomic mass is 79.9. The summed E-state index contributed by atoms with van der Waals surface area (Å²) < 4.78 is 1.03. The van der Waals surface area contributed by atoms with Crippen molar-refractivity contribution in [2.45, 2.75) is 20.4 Å². The molecule has 17 heavy (non-hydrogen) atoms. The SMILES string of the molecule is CC(C)C[NH+](CC(=O)[O-])Cc1ccc(Br)cc1. The summed E-state index contributed by atoms with van der Waals surface area (Å²) in [5.41, 5.74) is 1.14. The molecule has 3 nitrogen and oxygen atoms in total. The van der Waals surface area contributed by atoms with E-state index < -0.39 is 5.97 Å². The Morgan fingerprint density at radius 2 is 1.94 bits per heavy atom. The topological polar surface area (TPSA) is 44.6 Å². The number of halogens is 1. The first-order valence-electron chi connectivity index (χ1n) is 5.75. The Morgan fingerprint density at radius 1 is 1.35 bits per heavy atom. The Morgan fingerprint density at radius 3 is 2.41 bits per heavy atom. The second kappa shape index (κ2) is 6.77. The first-order chi connectivity index (χ1) is 7.97. The molecule has 1 rings (SSSR count). The van der Waals surface area contributed by atoms with Crippen LogP contribution in [0.2, 0.25) is 0 Å². The average Bonchev–Trinajstić information content (AvgIpc) is 2.19. The van der Waals surface area contributed by atoms with Crippen molar-refractivity contribution in [1.29, 1.82) is 0 Å². The molecule has 1 aromatic rings. The monoisotopic (exact) mass is 299 g/mol. The first kappa shape index (κ1) is 14.2. The van der Waals surface area contributed by atoms with Crippen molar-refractivity contribution in [1.82, 2.24) is 0 Å². The van der Waals surface area contributed by atoms with Crippen LogP contribution in [0.4, 0.5) is 0 Å². The van der Waals surface area contributed by atoms with Crippen molar-refractivity contribution in [2.24, 2.45) is 5.92 Å². The Kier molecular flexibility index (Phi) is 5.65. The standard InChI is InChI=1S/C13H18BrNO2/c1-10(2)7-15(9-13(16)17)8-11-3-5-12(14)6-4-11/h3-6,10H,7-9H2,1-2H3,(H,16,17). The summed E-state index contributed by atoms with van der Waals surface area (Å²) in [4.78, 5) is 11.7. The lowest BCUT2D eigenvalue weighted by Gasteiger charge is -2.21. The molecule has 0 aliphatic carbocycles. The molecule has 0 bridgehead atoms. The van der Waals surface area contributed by atoms with E-state index in [0.29, 0.717) is 5.92 Å². The van der Waals surface area contributed by atoms with Gasteiger partial charge in [0.1, 0.15) is 13.1 Å². The van der Waals surface area contributed by atoms with Crippen molar-refractivity contribution in [2.75, 3.05) is 13.1 Å². The lowest BCUT2D eigenvalue weighted by molar-refractivity contribution is -0.911. The lowest BCUT2D eigenvalue weighted by atomic mass is 10.1. The molecule has 1 aromatic carbocycles. The zero-order valence-electron chi connectivity index (χ0n) is 10.2. The van der Waals surface area contributed by atoms with Crippen LogP contribution in [0.1, 0.15) is 19.4 Å². The van der Waals surface area contributed by atoms with Gasteiger partial charge in [-0.05, 0) is 12.1 Å². The maximum atomic E-state index is 10.7. The van der Waals surface area contributed by atoms with Gasteiger partial charge in [-0.15, -0.1) is 0 Å². The minimum Gasteiger partial charge on any atom is -0.544 e. The van der Waals surface area contributed by atoms with Crippen molar-refractivity contribution < 1.29 is 14.8 Å². The fourth-order valence-corrected chi connectivity index (χ4v) is 2.14. The normalized spacial score (nSPS) is 12.7. The molecule has 0 radical (unpaired) electrons. The van der Waals surface area contributed by atoms with E-state index in [9.17, 15) is 9.90 Å². The van der Waals surface area contributed by atoms with Crippen molar-refractivity contribution >= 4 is 21.9 Å². The summed E-state index contributed by atoms with van der Waals surface area (Å²) in [6.07, 6.45) is 0. The number of carboxylic acid groups (broad SMARTS) is 1. The molecule has 0 saturated carbocycles. The maximum absolute atomic E-state index is 10.7. The minimum absolute atomic E-state index is 0.0637. The summed E-state index contributed by atoms with van der Waals surface area (Å²) in [7, 11) is 0. The van der Waals surface area contributed by atoms with Crippen LogP contribution in [0.25, 0.3) is 0 Å². The number of carboxylic acids is 1. The Balaban J connectivity index is 2.64. The third-order valence-corrected chi connectivity index (χ3v) is 2.99. The van der Waals surface area contributed by atoms with Gasteiger partial charge in [0.2, 0.25) is 0 Å². The minimum atomic E-state index is -0.988. The highest BCUT2D eigenvalue weighted by molar-refractivity contribution is 9.10. The zero-order chi connectivity index (χ0) is 12.8. The second-order valence-corrected chi connectivity index (χ2v) is 5.62. The second-order valence-electron chi connectivity index (χ2n) is 4.70. The van der Waals surface area contributed by atoms with Crippen LogP contribution in [0.5, 0.6) is 0 Å². The van der Waals surface area contributed by atoms with Gasteiger partial charge < -0.3 is 14.8 Å². The fraction of sp³-hybridized carbons (Fsp3) is 0.462. The average molecular weight is 300 g/mol. The third-order valence-electron chi connectivity index (χ3n) is 2.46. The van der Waals surface area contributed by atoms with E-state index in [1.807, 2.05) is 24.3 Å². The van der Waals surface area contributed by atoms with E-state index in [0.717, 1.165) is 28.0 Å². The molecule has 0 aliphatic rings. The number of hydrogen-bond acceptors (Lipinski definition) is 2. The van der Waals surface area contributed by atoms with E-state index in [2.05, 4.69) is 29.8 Å². The van der Waals surface area contributed by atoms with Gasteiger partial charge in [-0.3, -0.25) is 0 Å². The van der Waals surface area contributed by atoms with Gasteiger partial charge in [-0.1, -0.05) is 41.9 Å². The molecule has 94 valence electrons. The predicted molar refractivity (Wildman–Crippen MR) is 68.4 cm³/mol. The van der Waals surface area contributed by atoms with Crippen LogP contribution in [-0.2, 0) is 11.3 Å². The van der Waals surface area contributed by atoms with Gasteiger partial charge in [0.25, 0.3) is 0 Å². The van der Waals surface area contributed by atoms with Gasteiger partial charge in [0.05, 0.1) is 12.5 Å². The van der Waals surface area contributed by atoms with Crippen LogP contribution in [0.3, 0.4) is 0 Å². The van der Waals surface area contributed by atoms with E-state index in [-0.39, 0.29) is 6.54 Å². The zero-order valence-corrected chi connectivity index (χ0v) is 11.8. The number of nitrogens with one attached hydrogen (secondary N) is 1. The summed E-state index contributed by atoms with van der Waals surface area (Å²) >= 11 is 3.38. The first-order valence-corrected chi connectivity index (χ1v) is 6.54. The van der Waals surface area contributed by atoms with E-state index in [4.69, 9.17) is 0 Å². The number of hydrogen-bond donors (Lipinski definition) is 1. The number of benzene rings is 1. The van der Waals surface area contributed by atoms with Gasteiger partial charge >= 0.3 is 0 Å². The fourth-order valence-electron chi connectivity index (χ4n) is 1.88. The van der Waals surface area contributed by atoms with Crippen molar-refractivity contribution in [3.05, 3.63) is 34.3 Å². The molecule has 0 saturated heterocycles. The van der Waals surface area contributed by atoms with Crippen LogP contribution in [0, 0.1) is 5.92 Å². The highest BCUT2D eigenvalue weighted by Crippen LogP contribution is 2.09. The molecule has 1 atom stereocenters. The maximum Gasteiger partial charge on any atom is 0.118 e. The van der Waals surface area contributed by atoms with Crippen LogP contribution >= 0.6 is 15.9 Å². The van der Waals surface area contributed by atoms with E-state index in [1.54, 1.807) is 0 Å². The van der Waals surface area contributed by atoms with Crippen molar-refractivity contribution in [3.63, 3.8) is 0 Å². The number of carbonyl (C=O) groups is 1. The number of aliphatic carboxylic acids is 1. The molecule has 0 aromatic heterocycles. The summed E-state index contributed by atoms with van der Waals surface area (Å²) in [5, 5.41) is 10.7.